The van der Waals surface area contributed by atoms with Crippen molar-refractivity contribution in [1.29, 1.82) is 0 Å². The standard InChI is InChI=1S/C15H16N4O2/c1-3-6-16-14-7-10(2)17-15(19-14)18-11-4-5-12-13(8-11)21-9-20-12/h3-5,7-8H,1,6,9H2,2H3,(H2,16,17,18,19). The fraction of sp³-hybridized carbons (Fsp3) is 0.200. The third-order valence-corrected chi connectivity index (χ3v) is 2.91. The monoisotopic (exact) mass is 284 g/mol. The first-order chi connectivity index (χ1) is 10.2. The van der Waals surface area contributed by atoms with Crippen LogP contribution in [-0.4, -0.2) is 23.3 Å². The van der Waals surface area contributed by atoms with Gasteiger partial charge in [-0.3, -0.25) is 0 Å². The van der Waals surface area contributed by atoms with E-state index in [0.717, 1.165) is 28.7 Å². The molecule has 1 aromatic carbocycles. The lowest BCUT2D eigenvalue weighted by molar-refractivity contribution is 0.174. The Bertz CT molecular complexity index is 673. The Kier molecular flexibility index (Phi) is 3.59. The smallest absolute Gasteiger partial charge is 0.231 e. The molecule has 6 heteroatoms. The lowest BCUT2D eigenvalue weighted by Gasteiger charge is -2.09. The Morgan fingerprint density at radius 1 is 1.24 bits per heavy atom. The summed E-state index contributed by atoms with van der Waals surface area (Å²) in [7, 11) is 0. The van der Waals surface area contributed by atoms with Gasteiger partial charge in [0.2, 0.25) is 12.7 Å². The van der Waals surface area contributed by atoms with Gasteiger partial charge in [-0.2, -0.15) is 4.98 Å². The maximum Gasteiger partial charge on any atom is 0.231 e. The van der Waals surface area contributed by atoms with Gasteiger partial charge in [0.15, 0.2) is 11.5 Å². The van der Waals surface area contributed by atoms with Crippen molar-refractivity contribution in [3.05, 3.63) is 42.6 Å². The Hall–Kier alpha value is -2.76. The average Bonchev–Trinajstić information content (AvgIpc) is 2.92. The van der Waals surface area contributed by atoms with Gasteiger partial charge in [0.25, 0.3) is 0 Å². The molecule has 0 saturated carbocycles. The molecule has 2 aromatic rings. The molecular formula is C15H16N4O2. The number of benzene rings is 1. The Labute approximate surface area is 122 Å². The van der Waals surface area contributed by atoms with E-state index in [0.29, 0.717) is 12.5 Å². The van der Waals surface area contributed by atoms with Crippen molar-refractivity contribution in [3.63, 3.8) is 0 Å². The summed E-state index contributed by atoms with van der Waals surface area (Å²) in [5, 5.41) is 6.32. The summed E-state index contributed by atoms with van der Waals surface area (Å²) < 4.78 is 10.6. The minimum absolute atomic E-state index is 0.259. The number of nitrogens with one attached hydrogen (secondary N) is 2. The molecule has 1 aromatic heterocycles. The Morgan fingerprint density at radius 3 is 2.95 bits per heavy atom. The second-order valence-corrected chi connectivity index (χ2v) is 4.58. The highest BCUT2D eigenvalue weighted by molar-refractivity contribution is 5.61. The van der Waals surface area contributed by atoms with Gasteiger partial charge in [-0.1, -0.05) is 6.08 Å². The highest BCUT2D eigenvalue weighted by Crippen LogP contribution is 2.34. The van der Waals surface area contributed by atoms with Crippen LogP contribution < -0.4 is 20.1 Å². The molecule has 0 radical (unpaired) electrons. The van der Waals surface area contributed by atoms with Crippen LogP contribution in [-0.2, 0) is 0 Å². The summed E-state index contributed by atoms with van der Waals surface area (Å²) in [6, 6.07) is 7.51. The van der Waals surface area contributed by atoms with Gasteiger partial charge >= 0.3 is 0 Å². The molecule has 2 N–H and O–H groups in total. The maximum atomic E-state index is 5.35. The van der Waals surface area contributed by atoms with Crippen LogP contribution in [0, 0.1) is 6.92 Å². The molecule has 0 atom stereocenters. The minimum atomic E-state index is 0.259. The lowest BCUT2D eigenvalue weighted by Crippen LogP contribution is -2.05. The van der Waals surface area contributed by atoms with Crippen LogP contribution in [0.4, 0.5) is 17.5 Å². The van der Waals surface area contributed by atoms with Gasteiger partial charge in [-0.25, -0.2) is 4.98 Å². The van der Waals surface area contributed by atoms with Gasteiger partial charge in [-0.05, 0) is 19.1 Å². The fourth-order valence-corrected chi connectivity index (χ4v) is 2.00. The number of nitrogens with zero attached hydrogens (tertiary/aromatic N) is 2. The minimum Gasteiger partial charge on any atom is -0.454 e. The van der Waals surface area contributed by atoms with E-state index in [1.165, 1.54) is 0 Å². The largest absolute Gasteiger partial charge is 0.454 e. The van der Waals surface area contributed by atoms with Crippen LogP contribution in [0.1, 0.15) is 5.69 Å². The SMILES string of the molecule is C=CCNc1cc(C)nc(Nc2ccc3c(c2)OCO3)n1. The van der Waals surface area contributed by atoms with Crippen molar-refractivity contribution in [2.75, 3.05) is 24.0 Å². The molecule has 108 valence electrons. The van der Waals surface area contributed by atoms with E-state index in [1.807, 2.05) is 31.2 Å². The molecule has 3 rings (SSSR count). The first-order valence-electron chi connectivity index (χ1n) is 6.62. The molecule has 1 aliphatic heterocycles. The summed E-state index contributed by atoms with van der Waals surface area (Å²) in [5.41, 5.74) is 1.72. The molecule has 0 bridgehead atoms. The van der Waals surface area contributed by atoms with E-state index < -0.39 is 0 Å². The molecule has 0 saturated heterocycles. The van der Waals surface area contributed by atoms with Crippen molar-refractivity contribution < 1.29 is 9.47 Å². The Balaban J connectivity index is 1.80. The number of aromatic nitrogens is 2. The first kappa shape index (κ1) is 13.2. The summed E-state index contributed by atoms with van der Waals surface area (Å²) in [5.74, 6) is 2.75. The highest BCUT2D eigenvalue weighted by Gasteiger charge is 2.13. The second kappa shape index (κ2) is 5.70. The van der Waals surface area contributed by atoms with Crippen molar-refractivity contribution >= 4 is 17.5 Å². The van der Waals surface area contributed by atoms with E-state index in [9.17, 15) is 0 Å². The predicted octanol–water partition coefficient (Wildman–Crippen LogP) is 2.86. The predicted molar refractivity (Wildman–Crippen MR) is 81.3 cm³/mol. The van der Waals surface area contributed by atoms with Gasteiger partial charge in [0.1, 0.15) is 5.82 Å². The molecule has 21 heavy (non-hydrogen) atoms. The van der Waals surface area contributed by atoms with Crippen molar-refractivity contribution in [3.8, 4) is 11.5 Å². The summed E-state index contributed by atoms with van der Waals surface area (Å²) in [6.45, 7) is 6.51. The topological polar surface area (TPSA) is 68.3 Å². The number of anilines is 3. The summed E-state index contributed by atoms with van der Waals surface area (Å²) in [6.07, 6.45) is 1.78. The molecule has 0 spiro atoms. The van der Waals surface area contributed by atoms with Crippen LogP contribution in [0.25, 0.3) is 0 Å². The molecule has 0 amide bonds. The van der Waals surface area contributed by atoms with Gasteiger partial charge in [0, 0.05) is 30.1 Å². The molecule has 1 aliphatic rings. The zero-order valence-corrected chi connectivity index (χ0v) is 11.7. The first-order valence-corrected chi connectivity index (χ1v) is 6.62. The third-order valence-electron chi connectivity index (χ3n) is 2.91. The van der Waals surface area contributed by atoms with E-state index in [-0.39, 0.29) is 6.79 Å². The van der Waals surface area contributed by atoms with E-state index in [4.69, 9.17) is 9.47 Å². The van der Waals surface area contributed by atoms with Crippen molar-refractivity contribution in [1.82, 2.24) is 9.97 Å². The van der Waals surface area contributed by atoms with Crippen LogP contribution in [0.2, 0.25) is 0 Å². The summed E-state index contributed by atoms with van der Waals surface area (Å²) >= 11 is 0. The van der Waals surface area contributed by atoms with E-state index in [2.05, 4.69) is 27.2 Å². The molecule has 2 heterocycles. The van der Waals surface area contributed by atoms with Gasteiger partial charge < -0.3 is 20.1 Å². The van der Waals surface area contributed by atoms with Crippen molar-refractivity contribution in [2.24, 2.45) is 0 Å². The van der Waals surface area contributed by atoms with Gasteiger partial charge in [-0.15, -0.1) is 6.58 Å². The van der Waals surface area contributed by atoms with Crippen molar-refractivity contribution in [2.45, 2.75) is 6.92 Å². The number of aryl methyl sites for hydroxylation is 1. The Morgan fingerprint density at radius 2 is 2.10 bits per heavy atom. The fourth-order valence-electron chi connectivity index (χ4n) is 2.00. The quantitative estimate of drug-likeness (QED) is 0.823. The van der Waals surface area contributed by atoms with E-state index in [1.54, 1.807) is 6.08 Å². The van der Waals surface area contributed by atoms with Crippen LogP contribution >= 0.6 is 0 Å². The second-order valence-electron chi connectivity index (χ2n) is 4.58. The summed E-state index contributed by atoms with van der Waals surface area (Å²) in [4.78, 5) is 8.78. The van der Waals surface area contributed by atoms with E-state index >= 15 is 0 Å². The van der Waals surface area contributed by atoms with Gasteiger partial charge in [0.05, 0.1) is 0 Å². The molecule has 0 aliphatic carbocycles. The third kappa shape index (κ3) is 3.05. The lowest BCUT2D eigenvalue weighted by atomic mass is 10.3. The van der Waals surface area contributed by atoms with Crippen LogP contribution in [0.15, 0.2) is 36.9 Å². The number of hydrogen-bond acceptors (Lipinski definition) is 6. The maximum absolute atomic E-state index is 5.35. The zero-order chi connectivity index (χ0) is 14.7. The number of hydrogen-bond donors (Lipinski definition) is 2. The molecule has 0 unspecified atom stereocenters. The molecule has 6 nitrogen and oxygen atoms in total. The number of rotatable bonds is 5. The number of fused-ring (bicyclic) bond motifs is 1. The molecular weight excluding hydrogens is 268 g/mol. The normalized spacial score (nSPS) is 12.0. The number of ether oxygens (including phenoxy) is 2. The van der Waals surface area contributed by atoms with Crippen LogP contribution in [0.5, 0.6) is 11.5 Å². The average molecular weight is 284 g/mol. The molecule has 0 fully saturated rings. The zero-order valence-electron chi connectivity index (χ0n) is 11.7. The highest BCUT2D eigenvalue weighted by atomic mass is 16.7. The van der Waals surface area contributed by atoms with Crippen LogP contribution in [0.3, 0.4) is 0 Å².